The van der Waals surface area contributed by atoms with Gasteiger partial charge in [-0.15, -0.1) is 0 Å². The quantitative estimate of drug-likeness (QED) is 0.802. The van der Waals surface area contributed by atoms with Crippen LogP contribution in [0.3, 0.4) is 0 Å². The van der Waals surface area contributed by atoms with E-state index in [2.05, 4.69) is 21.2 Å². The first-order chi connectivity index (χ1) is 8.57. The summed E-state index contributed by atoms with van der Waals surface area (Å²) in [7, 11) is 0. The lowest BCUT2D eigenvalue weighted by molar-refractivity contribution is -0.138. The van der Waals surface area contributed by atoms with E-state index >= 15 is 0 Å². The summed E-state index contributed by atoms with van der Waals surface area (Å²) in [6.07, 6.45) is -4.35. The molecular formula is C14H19BrF3N. The molecule has 0 aromatic heterocycles. The van der Waals surface area contributed by atoms with Crippen molar-refractivity contribution >= 4 is 15.9 Å². The van der Waals surface area contributed by atoms with Gasteiger partial charge in [0.1, 0.15) is 0 Å². The lowest BCUT2D eigenvalue weighted by Gasteiger charge is -2.33. The van der Waals surface area contributed by atoms with Gasteiger partial charge in [-0.25, -0.2) is 0 Å². The molecule has 1 aromatic carbocycles. The van der Waals surface area contributed by atoms with E-state index in [-0.39, 0.29) is 11.5 Å². The van der Waals surface area contributed by atoms with Gasteiger partial charge < -0.3 is 5.32 Å². The van der Waals surface area contributed by atoms with Gasteiger partial charge >= 0.3 is 6.18 Å². The molecule has 0 saturated heterocycles. The number of rotatable bonds is 3. The molecule has 1 rings (SSSR count). The topological polar surface area (TPSA) is 12.0 Å². The summed E-state index contributed by atoms with van der Waals surface area (Å²) in [6, 6.07) is 4.00. The molecule has 0 aliphatic rings. The average Bonchev–Trinajstić information content (AvgIpc) is 2.23. The van der Waals surface area contributed by atoms with E-state index in [0.29, 0.717) is 16.6 Å². The van der Waals surface area contributed by atoms with Crippen LogP contribution in [0.5, 0.6) is 0 Å². The van der Waals surface area contributed by atoms with Crippen molar-refractivity contribution in [2.75, 3.05) is 6.54 Å². The Hall–Kier alpha value is -0.550. The van der Waals surface area contributed by atoms with Crippen molar-refractivity contribution in [3.05, 3.63) is 33.8 Å². The molecule has 0 bridgehead atoms. The Bertz CT molecular complexity index is 435. The van der Waals surface area contributed by atoms with Crippen molar-refractivity contribution in [2.45, 2.75) is 39.9 Å². The van der Waals surface area contributed by atoms with Gasteiger partial charge in [0.25, 0.3) is 0 Å². The number of benzene rings is 1. The molecule has 1 nitrogen and oxygen atoms in total. The minimum Gasteiger partial charge on any atom is -0.310 e. The van der Waals surface area contributed by atoms with Crippen LogP contribution in [-0.2, 0) is 6.18 Å². The molecule has 0 radical (unpaired) electrons. The molecule has 1 aromatic rings. The Balaban J connectivity index is 3.38. The Morgan fingerprint density at radius 2 is 1.79 bits per heavy atom. The van der Waals surface area contributed by atoms with E-state index in [1.54, 1.807) is 12.1 Å². The van der Waals surface area contributed by atoms with Gasteiger partial charge in [-0.2, -0.15) is 13.2 Å². The zero-order valence-electron chi connectivity index (χ0n) is 11.5. The van der Waals surface area contributed by atoms with Gasteiger partial charge in [-0.3, -0.25) is 0 Å². The lowest BCUT2D eigenvalue weighted by atomic mass is 9.80. The van der Waals surface area contributed by atoms with Crippen LogP contribution < -0.4 is 5.32 Å². The molecule has 0 heterocycles. The minimum absolute atomic E-state index is 0.296. The highest BCUT2D eigenvalue weighted by Gasteiger charge is 2.38. The maximum atomic E-state index is 13.2. The van der Waals surface area contributed by atoms with Gasteiger partial charge in [0, 0.05) is 10.5 Å². The molecule has 1 atom stereocenters. The molecule has 0 aliphatic heterocycles. The third-order valence-corrected chi connectivity index (χ3v) is 3.40. The normalized spacial score (nSPS) is 14.5. The van der Waals surface area contributed by atoms with Crippen LogP contribution in [-0.4, -0.2) is 6.54 Å². The van der Waals surface area contributed by atoms with Crippen LogP contribution in [0.4, 0.5) is 13.2 Å². The number of nitrogens with one attached hydrogen (secondary N) is 1. The van der Waals surface area contributed by atoms with E-state index < -0.39 is 11.7 Å². The second-order valence-corrected chi connectivity index (χ2v) is 6.50. The summed E-state index contributed by atoms with van der Waals surface area (Å²) in [4.78, 5) is 0. The highest BCUT2D eigenvalue weighted by molar-refractivity contribution is 9.10. The predicted molar refractivity (Wildman–Crippen MR) is 75.0 cm³/mol. The van der Waals surface area contributed by atoms with Crippen LogP contribution in [0, 0.1) is 5.41 Å². The molecule has 1 unspecified atom stereocenters. The molecule has 108 valence electrons. The fourth-order valence-corrected chi connectivity index (χ4v) is 2.47. The molecule has 5 heteroatoms. The summed E-state index contributed by atoms with van der Waals surface area (Å²) in [5.41, 5.74) is -0.586. The number of alkyl halides is 3. The van der Waals surface area contributed by atoms with Crippen molar-refractivity contribution in [1.29, 1.82) is 0 Å². The maximum Gasteiger partial charge on any atom is 0.416 e. The largest absolute Gasteiger partial charge is 0.416 e. The second-order valence-electron chi connectivity index (χ2n) is 5.59. The summed E-state index contributed by atoms with van der Waals surface area (Å²) < 4.78 is 39.9. The van der Waals surface area contributed by atoms with Crippen molar-refractivity contribution in [2.24, 2.45) is 5.41 Å². The zero-order chi connectivity index (χ0) is 14.8. The molecule has 0 spiro atoms. The van der Waals surface area contributed by atoms with Crippen molar-refractivity contribution in [1.82, 2.24) is 5.32 Å². The lowest BCUT2D eigenvalue weighted by Crippen LogP contribution is -2.33. The van der Waals surface area contributed by atoms with Crippen molar-refractivity contribution in [3.63, 3.8) is 0 Å². The predicted octanol–water partition coefficient (Wildman–Crippen LogP) is 5.16. The van der Waals surface area contributed by atoms with Gasteiger partial charge in [-0.1, -0.05) is 49.7 Å². The summed E-state index contributed by atoms with van der Waals surface area (Å²) in [5, 5.41) is 3.16. The van der Waals surface area contributed by atoms with Crippen LogP contribution in [0.2, 0.25) is 0 Å². The summed E-state index contributed by atoms with van der Waals surface area (Å²) in [5.74, 6) is 0. The third-order valence-electron chi connectivity index (χ3n) is 2.91. The first-order valence-electron chi connectivity index (χ1n) is 6.17. The smallest absolute Gasteiger partial charge is 0.310 e. The standard InChI is InChI=1S/C14H19BrF3N/c1-5-19-12(13(2,3)4)10-7-6-9(15)8-11(10)14(16,17)18/h6-8,12,19H,5H2,1-4H3. The molecule has 0 amide bonds. The van der Waals surface area contributed by atoms with Crippen LogP contribution in [0.1, 0.15) is 44.9 Å². The SMILES string of the molecule is CCNC(c1ccc(Br)cc1C(F)(F)F)C(C)(C)C. The van der Waals surface area contributed by atoms with Crippen LogP contribution >= 0.6 is 15.9 Å². The van der Waals surface area contributed by atoms with Crippen molar-refractivity contribution in [3.8, 4) is 0 Å². The monoisotopic (exact) mass is 337 g/mol. The average molecular weight is 338 g/mol. The Morgan fingerprint density at radius 1 is 1.21 bits per heavy atom. The Morgan fingerprint density at radius 3 is 2.21 bits per heavy atom. The van der Waals surface area contributed by atoms with E-state index in [1.165, 1.54) is 0 Å². The summed E-state index contributed by atoms with van der Waals surface area (Å²) in [6.45, 7) is 8.31. The maximum absolute atomic E-state index is 13.2. The zero-order valence-corrected chi connectivity index (χ0v) is 13.1. The van der Waals surface area contributed by atoms with Crippen LogP contribution in [0.25, 0.3) is 0 Å². The molecule has 19 heavy (non-hydrogen) atoms. The number of halogens is 4. The summed E-state index contributed by atoms with van der Waals surface area (Å²) >= 11 is 3.11. The number of hydrogen-bond donors (Lipinski definition) is 1. The fourth-order valence-electron chi connectivity index (χ4n) is 2.11. The highest BCUT2D eigenvalue weighted by atomic mass is 79.9. The van der Waals surface area contributed by atoms with Crippen LogP contribution in [0.15, 0.2) is 22.7 Å². The molecule has 0 saturated carbocycles. The number of hydrogen-bond acceptors (Lipinski definition) is 1. The first kappa shape index (κ1) is 16.5. The Kier molecular flexibility index (Phi) is 5.07. The van der Waals surface area contributed by atoms with Gasteiger partial charge in [0.15, 0.2) is 0 Å². The fraction of sp³-hybridized carbons (Fsp3) is 0.571. The van der Waals surface area contributed by atoms with E-state index in [0.717, 1.165) is 6.07 Å². The van der Waals surface area contributed by atoms with E-state index in [9.17, 15) is 13.2 Å². The second kappa shape index (κ2) is 5.83. The molecule has 0 fully saturated rings. The van der Waals surface area contributed by atoms with Gasteiger partial charge in [0.05, 0.1) is 5.56 Å². The van der Waals surface area contributed by atoms with Crippen molar-refractivity contribution < 1.29 is 13.2 Å². The third kappa shape index (κ3) is 4.21. The van der Waals surface area contributed by atoms with Gasteiger partial charge in [0.2, 0.25) is 0 Å². The Labute approximate surface area is 120 Å². The van der Waals surface area contributed by atoms with E-state index in [1.807, 2.05) is 27.7 Å². The molecular weight excluding hydrogens is 319 g/mol. The van der Waals surface area contributed by atoms with Gasteiger partial charge in [-0.05, 0) is 29.7 Å². The molecule has 0 aliphatic carbocycles. The highest BCUT2D eigenvalue weighted by Crippen LogP contribution is 2.41. The molecule has 1 N–H and O–H groups in total. The van der Waals surface area contributed by atoms with E-state index in [4.69, 9.17) is 0 Å². The first-order valence-corrected chi connectivity index (χ1v) is 6.96. The minimum atomic E-state index is -4.35.